The normalized spacial score (nSPS) is 14.9. The third-order valence-electron chi connectivity index (χ3n) is 5.20. The maximum atomic E-state index is 12.9. The Hall–Kier alpha value is -3.37. The highest BCUT2D eigenvalue weighted by Gasteiger charge is 2.32. The molecule has 1 amide bonds. The first-order valence-corrected chi connectivity index (χ1v) is 12.4. The van der Waals surface area contributed by atoms with Crippen molar-refractivity contribution in [1.29, 1.82) is 0 Å². The number of allylic oxidation sites excluding steroid dienone is 1. The molecule has 0 aliphatic carbocycles. The van der Waals surface area contributed by atoms with Gasteiger partial charge >= 0.3 is 5.97 Å². The summed E-state index contributed by atoms with van der Waals surface area (Å²) in [6.45, 7) is 3.71. The van der Waals surface area contributed by atoms with Gasteiger partial charge < -0.3 is 29.6 Å². The largest absolute Gasteiger partial charge is 0.493 e. The number of amidine groups is 1. The van der Waals surface area contributed by atoms with Crippen LogP contribution >= 0.6 is 23.4 Å². The standard InChI is InChI=1S/C25H28ClN3O6S/c1-6-35-24(31)21-14(2)27-25(36-13-20(30)28-17-10-8-7-9-16(17)26)29-22(21)15-11-18(32-3)23(34-5)19(12-15)33-4/h7-12,22H,6,13H2,1-5H3,(H,27,29)(H,28,30)/t22-/m0/s1. The molecule has 0 bridgehead atoms. The second kappa shape index (κ2) is 12.5. The van der Waals surface area contributed by atoms with Crippen molar-refractivity contribution < 1.29 is 28.5 Å². The van der Waals surface area contributed by atoms with Gasteiger partial charge in [-0.1, -0.05) is 35.5 Å². The van der Waals surface area contributed by atoms with Crippen molar-refractivity contribution in [3.05, 3.63) is 58.3 Å². The van der Waals surface area contributed by atoms with Gasteiger partial charge in [0.2, 0.25) is 11.7 Å². The SMILES string of the molecule is CCOC(=O)C1=C(C)NC(SCC(=O)Nc2ccccc2Cl)=N[C@H]1c1cc(OC)c(OC)c(OC)c1. The lowest BCUT2D eigenvalue weighted by Crippen LogP contribution is -2.31. The molecular weight excluding hydrogens is 506 g/mol. The minimum Gasteiger partial charge on any atom is -0.493 e. The molecular formula is C25H28ClN3O6S. The second-order valence-corrected chi connectivity index (χ2v) is 8.87. The summed E-state index contributed by atoms with van der Waals surface area (Å²) in [7, 11) is 4.54. The van der Waals surface area contributed by atoms with Crippen molar-refractivity contribution in [3.8, 4) is 17.2 Å². The smallest absolute Gasteiger partial charge is 0.338 e. The Labute approximate surface area is 219 Å². The Morgan fingerprint density at radius 3 is 2.36 bits per heavy atom. The summed E-state index contributed by atoms with van der Waals surface area (Å²) < 4.78 is 21.7. The minimum absolute atomic E-state index is 0.0705. The molecule has 1 heterocycles. The first kappa shape index (κ1) is 27.2. The molecule has 0 aromatic heterocycles. The minimum atomic E-state index is -0.729. The number of hydrogen-bond acceptors (Lipinski definition) is 9. The van der Waals surface area contributed by atoms with Gasteiger partial charge in [-0.15, -0.1) is 0 Å². The molecule has 11 heteroatoms. The molecule has 1 aliphatic rings. The third kappa shape index (κ3) is 6.24. The van der Waals surface area contributed by atoms with E-state index in [4.69, 9.17) is 35.5 Å². The van der Waals surface area contributed by atoms with E-state index >= 15 is 0 Å². The molecule has 0 saturated heterocycles. The summed E-state index contributed by atoms with van der Waals surface area (Å²) in [5.74, 6) is 0.599. The summed E-state index contributed by atoms with van der Waals surface area (Å²) in [5, 5.41) is 6.81. The number of rotatable bonds is 9. The molecule has 1 atom stereocenters. The number of carbonyl (C=O) groups excluding carboxylic acids is 2. The van der Waals surface area contributed by atoms with Crippen LogP contribution in [0.3, 0.4) is 0 Å². The number of amides is 1. The number of methoxy groups -OCH3 is 3. The molecule has 0 radical (unpaired) electrons. The highest BCUT2D eigenvalue weighted by atomic mass is 35.5. The summed E-state index contributed by atoms with van der Waals surface area (Å²) in [6.07, 6.45) is 0. The summed E-state index contributed by atoms with van der Waals surface area (Å²) in [4.78, 5) is 30.1. The van der Waals surface area contributed by atoms with Crippen molar-refractivity contribution >= 4 is 46.1 Å². The zero-order valence-electron chi connectivity index (χ0n) is 20.6. The number of anilines is 1. The zero-order valence-corrected chi connectivity index (χ0v) is 22.2. The van der Waals surface area contributed by atoms with Crippen LogP contribution in [0.4, 0.5) is 5.69 Å². The lowest BCUT2D eigenvalue weighted by molar-refractivity contribution is -0.139. The molecule has 0 fully saturated rings. The summed E-state index contributed by atoms with van der Waals surface area (Å²) in [5.41, 5.74) is 2.07. The molecule has 1 aliphatic heterocycles. The first-order valence-electron chi connectivity index (χ1n) is 11.0. The number of halogens is 1. The van der Waals surface area contributed by atoms with Crippen LogP contribution in [0.25, 0.3) is 0 Å². The molecule has 0 saturated carbocycles. The van der Waals surface area contributed by atoms with Crippen LogP contribution in [0, 0.1) is 0 Å². The van der Waals surface area contributed by atoms with Gasteiger partial charge in [0.05, 0.1) is 50.0 Å². The van der Waals surface area contributed by atoms with Crippen molar-refractivity contribution in [2.75, 3.05) is 39.0 Å². The lowest BCUT2D eigenvalue weighted by atomic mass is 9.96. The number of esters is 1. The van der Waals surface area contributed by atoms with Crippen LogP contribution < -0.4 is 24.8 Å². The van der Waals surface area contributed by atoms with Crippen LogP contribution in [0.15, 0.2) is 52.7 Å². The number of ether oxygens (including phenoxy) is 4. The number of nitrogens with one attached hydrogen (secondary N) is 2. The van der Waals surface area contributed by atoms with Crippen molar-refractivity contribution in [2.45, 2.75) is 19.9 Å². The zero-order chi connectivity index (χ0) is 26.2. The fourth-order valence-corrected chi connectivity index (χ4v) is 4.51. The highest BCUT2D eigenvalue weighted by Crippen LogP contribution is 2.43. The van der Waals surface area contributed by atoms with Crippen molar-refractivity contribution in [2.24, 2.45) is 4.99 Å². The van der Waals surface area contributed by atoms with Crippen molar-refractivity contribution in [1.82, 2.24) is 5.32 Å². The van der Waals surface area contributed by atoms with Gasteiger partial charge in [-0.3, -0.25) is 4.79 Å². The predicted octanol–water partition coefficient (Wildman–Crippen LogP) is 4.58. The highest BCUT2D eigenvalue weighted by molar-refractivity contribution is 8.14. The van der Waals surface area contributed by atoms with Crippen LogP contribution in [-0.2, 0) is 14.3 Å². The number of nitrogens with zero attached hydrogens (tertiary/aromatic N) is 1. The van der Waals surface area contributed by atoms with E-state index in [9.17, 15) is 9.59 Å². The molecule has 192 valence electrons. The molecule has 2 N–H and O–H groups in total. The molecule has 2 aromatic rings. The second-order valence-electron chi connectivity index (χ2n) is 7.50. The lowest BCUT2D eigenvalue weighted by Gasteiger charge is -2.26. The Bertz CT molecular complexity index is 1180. The number of para-hydroxylation sites is 1. The van der Waals surface area contributed by atoms with E-state index in [1.54, 1.807) is 50.2 Å². The fraction of sp³-hybridized carbons (Fsp3) is 0.320. The van der Waals surface area contributed by atoms with Gasteiger partial charge in [0.25, 0.3) is 0 Å². The van der Waals surface area contributed by atoms with Crippen LogP contribution in [0.2, 0.25) is 5.02 Å². The van der Waals surface area contributed by atoms with E-state index < -0.39 is 12.0 Å². The van der Waals surface area contributed by atoms with E-state index in [0.717, 1.165) is 0 Å². The Balaban J connectivity index is 1.92. The van der Waals surface area contributed by atoms with Gasteiger partial charge in [0.1, 0.15) is 6.04 Å². The van der Waals surface area contributed by atoms with E-state index in [1.807, 2.05) is 0 Å². The molecule has 0 unspecified atom stereocenters. The van der Waals surface area contributed by atoms with Gasteiger partial charge in [-0.25, -0.2) is 9.79 Å². The molecule has 0 spiro atoms. The van der Waals surface area contributed by atoms with Gasteiger partial charge in [0.15, 0.2) is 16.7 Å². The third-order valence-corrected chi connectivity index (χ3v) is 6.42. The molecule has 9 nitrogen and oxygen atoms in total. The van der Waals surface area contributed by atoms with Crippen LogP contribution in [0.1, 0.15) is 25.5 Å². The Kier molecular flexibility index (Phi) is 9.49. The topological polar surface area (TPSA) is 107 Å². The number of carbonyl (C=O) groups is 2. The maximum absolute atomic E-state index is 12.9. The average molecular weight is 534 g/mol. The first-order chi connectivity index (χ1) is 17.3. The molecule has 36 heavy (non-hydrogen) atoms. The molecule has 3 rings (SSSR count). The number of benzene rings is 2. The number of thioether (sulfide) groups is 1. The Morgan fingerprint density at radius 2 is 1.78 bits per heavy atom. The quantitative estimate of drug-likeness (QED) is 0.451. The number of aliphatic imine (C=N–C) groups is 1. The van der Waals surface area contributed by atoms with Gasteiger partial charge in [0, 0.05) is 5.70 Å². The fourth-order valence-electron chi connectivity index (χ4n) is 3.58. The molecule has 2 aromatic carbocycles. The average Bonchev–Trinajstić information content (AvgIpc) is 2.87. The van der Waals surface area contributed by atoms with Crippen molar-refractivity contribution in [3.63, 3.8) is 0 Å². The van der Waals surface area contributed by atoms with Crippen LogP contribution in [-0.4, -0.2) is 50.7 Å². The van der Waals surface area contributed by atoms with E-state index in [1.165, 1.54) is 33.1 Å². The number of hydrogen-bond donors (Lipinski definition) is 2. The maximum Gasteiger partial charge on any atom is 0.338 e. The Morgan fingerprint density at radius 1 is 1.11 bits per heavy atom. The summed E-state index contributed by atoms with van der Waals surface area (Å²) in [6, 6.07) is 9.74. The van der Waals surface area contributed by atoms with E-state index in [2.05, 4.69) is 10.6 Å². The van der Waals surface area contributed by atoms with E-state index in [0.29, 0.717) is 50.0 Å². The van der Waals surface area contributed by atoms with Crippen LogP contribution in [0.5, 0.6) is 17.2 Å². The van der Waals surface area contributed by atoms with E-state index in [-0.39, 0.29) is 18.3 Å². The predicted molar refractivity (Wildman–Crippen MR) is 141 cm³/mol. The van der Waals surface area contributed by atoms with Gasteiger partial charge in [-0.2, -0.15) is 0 Å². The summed E-state index contributed by atoms with van der Waals surface area (Å²) >= 11 is 7.33. The monoisotopic (exact) mass is 533 g/mol. The van der Waals surface area contributed by atoms with Gasteiger partial charge in [-0.05, 0) is 43.7 Å².